The quantitative estimate of drug-likeness (QED) is 0.287. The number of carbonyl (C=O) groups excluding carboxylic acids is 2. The summed E-state index contributed by atoms with van der Waals surface area (Å²) in [7, 11) is 2.10. The summed E-state index contributed by atoms with van der Waals surface area (Å²) >= 11 is 0. The third-order valence-electron chi connectivity index (χ3n) is 7.46. The molecule has 10 heteroatoms. The molecule has 1 aliphatic heterocycles. The lowest BCUT2D eigenvalue weighted by Gasteiger charge is -2.35. The van der Waals surface area contributed by atoms with Crippen LogP contribution in [-0.2, 0) is 11.3 Å². The summed E-state index contributed by atoms with van der Waals surface area (Å²) in [6, 6.07) is 20.6. The number of aliphatic carboxylic acids is 1. The molecule has 0 aliphatic carbocycles. The van der Waals surface area contributed by atoms with E-state index in [2.05, 4.69) is 32.1 Å². The summed E-state index contributed by atoms with van der Waals surface area (Å²) < 4.78 is 0. The highest BCUT2D eigenvalue weighted by molar-refractivity contribution is 6.06. The number of pyridine rings is 2. The minimum Gasteiger partial charge on any atom is -0.481 e. The average Bonchev–Trinajstić information content (AvgIpc) is 3.04. The summed E-state index contributed by atoms with van der Waals surface area (Å²) in [4.78, 5) is 51.9. The smallest absolute Gasteiger partial charge is 0.305 e. The van der Waals surface area contributed by atoms with E-state index in [4.69, 9.17) is 0 Å². The van der Waals surface area contributed by atoms with Crippen LogP contribution in [-0.4, -0.2) is 82.4 Å². The van der Waals surface area contributed by atoms with Crippen LogP contribution in [0.2, 0.25) is 0 Å². The molecule has 2 aromatic heterocycles. The van der Waals surface area contributed by atoms with Crippen molar-refractivity contribution in [2.24, 2.45) is 0 Å². The van der Waals surface area contributed by atoms with Crippen LogP contribution >= 0.6 is 0 Å². The molecule has 4 aromatic rings. The van der Waals surface area contributed by atoms with E-state index < -0.39 is 5.97 Å². The molecule has 1 fully saturated rings. The number of amides is 2. The molecule has 0 radical (unpaired) electrons. The Bertz CT molecular complexity index is 1570. The van der Waals surface area contributed by atoms with E-state index in [0.717, 1.165) is 48.6 Å². The van der Waals surface area contributed by atoms with Crippen molar-refractivity contribution in [3.63, 3.8) is 0 Å². The monoisotopic (exact) mass is 578 g/mol. The van der Waals surface area contributed by atoms with Crippen LogP contribution in [0, 0.1) is 0 Å². The number of anilines is 2. The van der Waals surface area contributed by atoms with Gasteiger partial charge in [-0.3, -0.25) is 24.4 Å². The lowest BCUT2D eigenvalue weighted by atomic mass is 10.0. The Balaban J connectivity index is 1.43. The van der Waals surface area contributed by atoms with Crippen molar-refractivity contribution >= 4 is 29.2 Å². The summed E-state index contributed by atoms with van der Waals surface area (Å²) in [5.41, 5.74) is 5.26. The van der Waals surface area contributed by atoms with Gasteiger partial charge in [0.2, 0.25) is 0 Å². The van der Waals surface area contributed by atoms with E-state index in [-0.39, 0.29) is 31.3 Å². The summed E-state index contributed by atoms with van der Waals surface area (Å²) in [6.07, 6.45) is 6.09. The fourth-order valence-corrected chi connectivity index (χ4v) is 5.06. The molecule has 2 amide bonds. The number of rotatable bonds is 10. The number of piperazine rings is 1. The molecule has 1 aliphatic rings. The second-order valence-electron chi connectivity index (χ2n) is 10.5. The largest absolute Gasteiger partial charge is 0.481 e. The van der Waals surface area contributed by atoms with E-state index in [1.54, 1.807) is 42.9 Å². The molecule has 5 rings (SSSR count). The molecule has 2 N–H and O–H groups in total. The zero-order valence-corrected chi connectivity index (χ0v) is 24.0. The number of nitrogens with one attached hydrogen (secondary N) is 1. The molecule has 2 aromatic carbocycles. The van der Waals surface area contributed by atoms with Crippen molar-refractivity contribution in [1.29, 1.82) is 0 Å². The first-order valence-electron chi connectivity index (χ1n) is 14.2. The summed E-state index contributed by atoms with van der Waals surface area (Å²) in [5.74, 6) is -1.47. The normalized spacial score (nSPS) is 13.4. The van der Waals surface area contributed by atoms with Gasteiger partial charge in [-0.2, -0.15) is 0 Å². The Morgan fingerprint density at radius 1 is 0.860 bits per heavy atom. The van der Waals surface area contributed by atoms with Crippen LogP contribution in [0.15, 0.2) is 91.5 Å². The number of carbonyl (C=O) groups is 3. The fraction of sp³-hybridized carbons (Fsp3) is 0.242. The standard InChI is InChI=1S/C33H34N6O4/c1-37-16-18-38(19-17-37)30-8-7-27(21-29(30)36-32(42)25-9-13-34-14-10-25)26-5-2-4-24(20-26)23-39(15-11-31(40)41)33(43)28-6-3-12-35-22-28/h2-10,12-14,20-22H,11,15-19,23H2,1H3,(H,36,42)(H,40,41). The van der Waals surface area contributed by atoms with Crippen molar-refractivity contribution in [1.82, 2.24) is 19.8 Å². The van der Waals surface area contributed by atoms with Crippen LogP contribution in [0.4, 0.5) is 11.4 Å². The number of nitrogens with zero attached hydrogens (tertiary/aromatic N) is 5. The number of hydrogen-bond acceptors (Lipinski definition) is 7. The molecule has 0 bridgehead atoms. The minimum atomic E-state index is -0.973. The van der Waals surface area contributed by atoms with Gasteiger partial charge < -0.3 is 25.1 Å². The molecule has 220 valence electrons. The van der Waals surface area contributed by atoms with Gasteiger partial charge in [0.05, 0.1) is 23.4 Å². The predicted octanol–water partition coefficient (Wildman–Crippen LogP) is 4.26. The van der Waals surface area contributed by atoms with Crippen molar-refractivity contribution in [3.8, 4) is 11.1 Å². The second-order valence-corrected chi connectivity index (χ2v) is 10.5. The number of aromatic nitrogens is 2. The Labute approximate surface area is 250 Å². The highest BCUT2D eigenvalue weighted by Gasteiger charge is 2.21. The van der Waals surface area contributed by atoms with E-state index in [0.29, 0.717) is 16.8 Å². The zero-order valence-electron chi connectivity index (χ0n) is 24.0. The van der Waals surface area contributed by atoms with Crippen LogP contribution in [0.3, 0.4) is 0 Å². The van der Waals surface area contributed by atoms with Gasteiger partial charge in [0.1, 0.15) is 0 Å². The Morgan fingerprint density at radius 2 is 1.63 bits per heavy atom. The van der Waals surface area contributed by atoms with Crippen LogP contribution in [0.1, 0.15) is 32.7 Å². The highest BCUT2D eigenvalue weighted by Crippen LogP contribution is 2.33. The van der Waals surface area contributed by atoms with Gasteiger partial charge in [0.25, 0.3) is 11.8 Å². The first-order valence-corrected chi connectivity index (χ1v) is 14.2. The van der Waals surface area contributed by atoms with Gasteiger partial charge in [-0.25, -0.2) is 0 Å². The van der Waals surface area contributed by atoms with E-state index in [1.165, 1.54) is 11.1 Å². The first kappa shape index (κ1) is 29.4. The number of carboxylic acids is 1. The van der Waals surface area contributed by atoms with Gasteiger partial charge in [-0.05, 0) is 66.2 Å². The third-order valence-corrected chi connectivity index (χ3v) is 7.46. The predicted molar refractivity (Wildman–Crippen MR) is 165 cm³/mol. The molecule has 43 heavy (non-hydrogen) atoms. The summed E-state index contributed by atoms with van der Waals surface area (Å²) in [5, 5.41) is 12.4. The van der Waals surface area contributed by atoms with E-state index >= 15 is 0 Å². The zero-order chi connectivity index (χ0) is 30.2. The molecule has 0 spiro atoms. The lowest BCUT2D eigenvalue weighted by Crippen LogP contribution is -2.44. The molecule has 0 unspecified atom stereocenters. The topological polar surface area (TPSA) is 119 Å². The van der Waals surface area contributed by atoms with Gasteiger partial charge in [-0.15, -0.1) is 0 Å². The third kappa shape index (κ3) is 7.60. The number of benzene rings is 2. The lowest BCUT2D eigenvalue weighted by molar-refractivity contribution is -0.137. The molecule has 1 saturated heterocycles. The number of carboxylic acid groups (broad SMARTS) is 1. The average molecular weight is 579 g/mol. The Kier molecular flexibility index (Phi) is 9.38. The molecule has 10 nitrogen and oxygen atoms in total. The van der Waals surface area contributed by atoms with Crippen LogP contribution in [0.25, 0.3) is 11.1 Å². The van der Waals surface area contributed by atoms with Gasteiger partial charge in [0, 0.05) is 69.6 Å². The molecule has 0 saturated carbocycles. The van der Waals surface area contributed by atoms with Crippen LogP contribution < -0.4 is 10.2 Å². The van der Waals surface area contributed by atoms with Gasteiger partial charge >= 0.3 is 5.97 Å². The minimum absolute atomic E-state index is 0.0677. The SMILES string of the molecule is CN1CCN(c2ccc(-c3cccc(CN(CCC(=O)O)C(=O)c4cccnc4)c3)cc2NC(=O)c2ccncc2)CC1. The molecule has 0 atom stereocenters. The van der Waals surface area contributed by atoms with E-state index in [1.807, 2.05) is 42.5 Å². The molecular weight excluding hydrogens is 544 g/mol. The fourth-order valence-electron chi connectivity index (χ4n) is 5.06. The molecule has 3 heterocycles. The van der Waals surface area contributed by atoms with Gasteiger partial charge in [-0.1, -0.05) is 24.3 Å². The summed E-state index contributed by atoms with van der Waals surface area (Å²) in [6.45, 7) is 3.86. The maximum atomic E-state index is 13.2. The van der Waals surface area contributed by atoms with Crippen molar-refractivity contribution in [2.75, 3.05) is 50.0 Å². The van der Waals surface area contributed by atoms with E-state index in [9.17, 15) is 19.5 Å². The molecular formula is C33H34N6O4. The number of likely N-dealkylation sites (N-methyl/N-ethyl adjacent to an activating group) is 1. The first-order chi connectivity index (χ1) is 20.9. The van der Waals surface area contributed by atoms with Crippen LogP contribution in [0.5, 0.6) is 0 Å². The van der Waals surface area contributed by atoms with Crippen molar-refractivity contribution < 1.29 is 19.5 Å². The second kappa shape index (κ2) is 13.7. The highest BCUT2D eigenvalue weighted by atomic mass is 16.4. The Hall–Kier alpha value is -5.09. The van der Waals surface area contributed by atoms with Crippen molar-refractivity contribution in [3.05, 3.63) is 108 Å². The maximum Gasteiger partial charge on any atom is 0.305 e. The number of hydrogen-bond donors (Lipinski definition) is 2. The van der Waals surface area contributed by atoms with Crippen molar-refractivity contribution in [2.45, 2.75) is 13.0 Å². The Morgan fingerprint density at radius 3 is 2.35 bits per heavy atom. The van der Waals surface area contributed by atoms with Gasteiger partial charge in [0.15, 0.2) is 0 Å². The maximum absolute atomic E-state index is 13.2.